The highest BCUT2D eigenvalue weighted by molar-refractivity contribution is 7.09. The Bertz CT molecular complexity index is 1520. The second-order valence-corrected chi connectivity index (χ2v) is 10.5. The molecule has 1 heterocycles. The number of carboxylic acids is 1. The first-order valence-corrected chi connectivity index (χ1v) is 14.6. The molecule has 0 spiro atoms. The molecule has 2 N–H and O–H groups in total. The minimum Gasteiger partial charge on any atom is -0.493 e. The zero-order valence-corrected chi connectivity index (χ0v) is 24.5. The Hall–Kier alpha value is -4.63. The first kappa shape index (κ1) is 30.3. The van der Waals surface area contributed by atoms with Crippen LogP contribution in [0.5, 0.6) is 11.5 Å². The van der Waals surface area contributed by atoms with E-state index in [2.05, 4.69) is 5.32 Å². The number of thiophene rings is 1. The number of carbonyl (C=O) groups excluding carboxylic acids is 2. The Morgan fingerprint density at radius 3 is 2.26 bits per heavy atom. The molecule has 9 heteroatoms. The molecule has 8 nitrogen and oxygen atoms in total. The Balaban J connectivity index is 1.60. The number of carbonyl (C=O) groups is 3. The van der Waals surface area contributed by atoms with Gasteiger partial charge >= 0.3 is 5.97 Å². The molecular weight excluding hydrogens is 552 g/mol. The summed E-state index contributed by atoms with van der Waals surface area (Å²) in [7, 11) is 1.57. The smallest absolute Gasteiger partial charge is 0.305 e. The predicted molar refractivity (Wildman–Crippen MR) is 163 cm³/mol. The maximum atomic E-state index is 14.0. The summed E-state index contributed by atoms with van der Waals surface area (Å²) in [5.41, 5.74) is 3.00. The molecule has 4 aromatic rings. The predicted octanol–water partition coefficient (Wildman–Crippen LogP) is 5.91. The van der Waals surface area contributed by atoms with Gasteiger partial charge in [-0.3, -0.25) is 14.4 Å². The normalized spacial score (nSPS) is 10.6. The van der Waals surface area contributed by atoms with Crippen molar-refractivity contribution in [3.63, 3.8) is 0 Å². The van der Waals surface area contributed by atoms with E-state index in [1.165, 1.54) is 0 Å². The van der Waals surface area contributed by atoms with Crippen LogP contribution in [0.15, 0.2) is 84.2 Å². The van der Waals surface area contributed by atoms with E-state index in [4.69, 9.17) is 9.47 Å². The number of carboxylic acid groups (broad SMARTS) is 1. The standard InChI is InChI=1S/C33H34N2O6S/c1-3-41-29-15-14-23(21-30(29)40-2)16-18-35(19-17-31(36)37)33(39)28-13-7-5-11-26(28)25-10-4-6-12-27(25)32(38)34-22-24-9-8-20-42-24/h4-15,20-21H,3,16-19,22H2,1-2H3,(H,34,38)(H,36,37). The highest BCUT2D eigenvalue weighted by atomic mass is 32.1. The summed E-state index contributed by atoms with van der Waals surface area (Å²) in [5.74, 6) is -0.310. The minimum absolute atomic E-state index is 0.0413. The number of amides is 2. The molecule has 0 aliphatic carbocycles. The third-order valence-electron chi connectivity index (χ3n) is 6.70. The van der Waals surface area contributed by atoms with E-state index in [9.17, 15) is 19.5 Å². The zero-order valence-electron chi connectivity index (χ0n) is 23.7. The Kier molecular flexibility index (Phi) is 10.7. The van der Waals surface area contributed by atoms with Gasteiger partial charge in [-0.15, -0.1) is 11.3 Å². The highest BCUT2D eigenvalue weighted by Gasteiger charge is 2.23. The first-order valence-electron chi connectivity index (χ1n) is 13.7. The summed E-state index contributed by atoms with van der Waals surface area (Å²) in [4.78, 5) is 41.3. The van der Waals surface area contributed by atoms with Crippen LogP contribution in [-0.4, -0.2) is 54.6 Å². The second kappa shape index (κ2) is 14.8. The molecule has 0 radical (unpaired) electrons. The van der Waals surface area contributed by atoms with Crippen LogP contribution in [0.1, 0.15) is 44.5 Å². The molecule has 0 fully saturated rings. The van der Waals surface area contributed by atoms with Crippen molar-refractivity contribution in [2.75, 3.05) is 26.8 Å². The summed E-state index contributed by atoms with van der Waals surface area (Å²) >= 11 is 1.56. The van der Waals surface area contributed by atoms with Crippen LogP contribution in [0.2, 0.25) is 0 Å². The van der Waals surface area contributed by atoms with Crippen LogP contribution in [0.4, 0.5) is 0 Å². The third-order valence-corrected chi connectivity index (χ3v) is 7.58. The van der Waals surface area contributed by atoms with Crippen LogP contribution in [0.3, 0.4) is 0 Å². The maximum absolute atomic E-state index is 14.0. The number of hydrogen-bond acceptors (Lipinski definition) is 6. The van der Waals surface area contributed by atoms with Crippen molar-refractivity contribution in [3.8, 4) is 22.6 Å². The zero-order chi connectivity index (χ0) is 29.9. The molecule has 0 unspecified atom stereocenters. The van der Waals surface area contributed by atoms with Gasteiger partial charge in [-0.2, -0.15) is 0 Å². The molecule has 1 aromatic heterocycles. The van der Waals surface area contributed by atoms with Gasteiger partial charge in [0, 0.05) is 29.1 Å². The molecule has 0 atom stereocenters. The number of methoxy groups -OCH3 is 1. The average Bonchev–Trinajstić information content (AvgIpc) is 3.54. The Morgan fingerprint density at radius 2 is 1.60 bits per heavy atom. The van der Waals surface area contributed by atoms with Gasteiger partial charge < -0.3 is 24.8 Å². The van der Waals surface area contributed by atoms with Gasteiger partial charge in [-0.25, -0.2) is 0 Å². The van der Waals surface area contributed by atoms with Crippen LogP contribution in [0, 0.1) is 0 Å². The van der Waals surface area contributed by atoms with Crippen LogP contribution < -0.4 is 14.8 Å². The summed E-state index contributed by atoms with van der Waals surface area (Å²) < 4.78 is 11.1. The average molecular weight is 587 g/mol. The SMILES string of the molecule is CCOc1ccc(CCN(CCC(=O)O)C(=O)c2ccccc2-c2ccccc2C(=O)NCc2cccs2)cc1OC. The summed E-state index contributed by atoms with van der Waals surface area (Å²) in [6.07, 6.45) is 0.292. The van der Waals surface area contributed by atoms with Gasteiger partial charge in [0.1, 0.15) is 0 Å². The van der Waals surface area contributed by atoms with Gasteiger partial charge in [-0.1, -0.05) is 48.5 Å². The van der Waals surface area contributed by atoms with Crippen molar-refractivity contribution in [1.29, 1.82) is 0 Å². The Labute approximate surface area is 249 Å². The molecule has 4 rings (SSSR count). The van der Waals surface area contributed by atoms with E-state index in [0.717, 1.165) is 10.4 Å². The highest BCUT2D eigenvalue weighted by Crippen LogP contribution is 2.30. The van der Waals surface area contributed by atoms with E-state index < -0.39 is 5.97 Å². The van der Waals surface area contributed by atoms with Crippen LogP contribution >= 0.6 is 11.3 Å². The number of nitrogens with one attached hydrogen (secondary N) is 1. The minimum atomic E-state index is -0.989. The van der Waals surface area contributed by atoms with Gasteiger partial charge in [0.25, 0.3) is 11.8 Å². The fourth-order valence-corrected chi connectivity index (χ4v) is 5.26. The van der Waals surface area contributed by atoms with Crippen molar-refractivity contribution in [3.05, 3.63) is 106 Å². The van der Waals surface area contributed by atoms with E-state index >= 15 is 0 Å². The van der Waals surface area contributed by atoms with Crippen molar-refractivity contribution in [1.82, 2.24) is 10.2 Å². The second-order valence-electron chi connectivity index (χ2n) is 9.46. The van der Waals surface area contributed by atoms with Gasteiger partial charge in [0.15, 0.2) is 11.5 Å². The maximum Gasteiger partial charge on any atom is 0.305 e. The van der Waals surface area contributed by atoms with Crippen molar-refractivity contribution >= 4 is 29.1 Å². The molecule has 3 aromatic carbocycles. The lowest BCUT2D eigenvalue weighted by atomic mass is 9.94. The molecule has 218 valence electrons. The van der Waals surface area contributed by atoms with Crippen molar-refractivity contribution in [2.24, 2.45) is 0 Å². The summed E-state index contributed by atoms with van der Waals surface area (Å²) in [6, 6.07) is 23.8. The summed E-state index contributed by atoms with van der Waals surface area (Å²) in [6.45, 7) is 3.14. The van der Waals surface area contributed by atoms with Gasteiger partial charge in [-0.05, 0) is 65.7 Å². The fraction of sp³-hybridized carbons (Fsp3) is 0.242. The number of rotatable bonds is 14. The molecule has 0 saturated carbocycles. The van der Waals surface area contributed by atoms with Gasteiger partial charge in [0.2, 0.25) is 0 Å². The number of ether oxygens (including phenoxy) is 2. The number of benzene rings is 3. The third kappa shape index (κ3) is 7.76. The molecule has 0 saturated heterocycles. The van der Waals surface area contributed by atoms with Crippen molar-refractivity contribution in [2.45, 2.75) is 26.3 Å². The van der Waals surface area contributed by atoms with Gasteiger partial charge in [0.05, 0.1) is 26.7 Å². The lowest BCUT2D eigenvalue weighted by molar-refractivity contribution is -0.137. The number of hydrogen-bond donors (Lipinski definition) is 2. The molecule has 0 aliphatic heterocycles. The first-order chi connectivity index (χ1) is 20.4. The van der Waals surface area contributed by atoms with Crippen LogP contribution in [0.25, 0.3) is 11.1 Å². The lowest BCUT2D eigenvalue weighted by Crippen LogP contribution is -2.35. The van der Waals surface area contributed by atoms with E-state index in [1.54, 1.807) is 47.6 Å². The van der Waals surface area contributed by atoms with E-state index in [0.29, 0.717) is 59.9 Å². The topological polar surface area (TPSA) is 105 Å². The largest absolute Gasteiger partial charge is 0.493 e. The molecular formula is C33H34N2O6S. The number of aliphatic carboxylic acids is 1. The quantitative estimate of drug-likeness (QED) is 0.190. The lowest BCUT2D eigenvalue weighted by Gasteiger charge is -2.24. The fourth-order valence-electron chi connectivity index (χ4n) is 4.62. The molecule has 42 heavy (non-hydrogen) atoms. The van der Waals surface area contributed by atoms with E-state index in [-0.39, 0.29) is 24.8 Å². The number of nitrogens with zero attached hydrogens (tertiary/aromatic N) is 1. The summed E-state index contributed by atoms with van der Waals surface area (Å²) in [5, 5.41) is 14.3. The molecule has 0 bridgehead atoms. The monoisotopic (exact) mass is 586 g/mol. The Morgan fingerprint density at radius 1 is 0.881 bits per heavy atom. The molecule has 0 aliphatic rings. The van der Waals surface area contributed by atoms with Crippen LogP contribution in [-0.2, 0) is 17.8 Å². The van der Waals surface area contributed by atoms with Crippen molar-refractivity contribution < 1.29 is 29.0 Å². The molecule has 2 amide bonds. The van der Waals surface area contributed by atoms with E-state index in [1.807, 2.05) is 66.9 Å².